The van der Waals surface area contributed by atoms with Gasteiger partial charge in [0.15, 0.2) is 0 Å². The molecule has 1 atom stereocenters. The van der Waals surface area contributed by atoms with E-state index in [2.05, 4.69) is 10.1 Å². The quantitative estimate of drug-likeness (QED) is 0.738. The summed E-state index contributed by atoms with van der Waals surface area (Å²) < 4.78 is 10.9. The number of rotatable bonds is 3. The smallest absolute Gasteiger partial charge is 0.308 e. The number of carbonyl (C=O) groups is 2. The molecular formula is C20H21N3O5. The lowest BCUT2D eigenvalue weighted by Crippen LogP contribution is -2.42. The average Bonchev–Trinajstić information content (AvgIpc) is 3.22. The van der Waals surface area contributed by atoms with Crippen molar-refractivity contribution in [3.63, 3.8) is 0 Å². The number of pyridine rings is 1. The van der Waals surface area contributed by atoms with Crippen molar-refractivity contribution < 1.29 is 23.6 Å². The van der Waals surface area contributed by atoms with Gasteiger partial charge in [-0.25, -0.2) is 4.98 Å². The Morgan fingerprint density at radius 3 is 2.71 bits per heavy atom. The zero-order valence-electron chi connectivity index (χ0n) is 16.0. The third-order valence-corrected chi connectivity index (χ3v) is 5.22. The first-order chi connectivity index (χ1) is 13.3. The molecule has 28 heavy (non-hydrogen) atoms. The molecule has 0 bridgehead atoms. The zero-order chi connectivity index (χ0) is 20.0. The van der Waals surface area contributed by atoms with Crippen LogP contribution in [-0.2, 0) is 4.79 Å². The van der Waals surface area contributed by atoms with E-state index in [1.54, 1.807) is 17.9 Å². The van der Waals surface area contributed by atoms with Crippen LogP contribution in [0.5, 0.6) is 0 Å². The highest BCUT2D eigenvalue weighted by atomic mass is 16.5. The van der Waals surface area contributed by atoms with Gasteiger partial charge in [0, 0.05) is 18.7 Å². The van der Waals surface area contributed by atoms with Crippen LogP contribution in [-0.4, -0.2) is 45.1 Å². The molecule has 1 N–H and O–H groups in total. The summed E-state index contributed by atoms with van der Waals surface area (Å²) in [5.41, 5.74) is 2.62. The minimum absolute atomic E-state index is 0.196. The van der Waals surface area contributed by atoms with Crippen LogP contribution in [0.4, 0.5) is 0 Å². The number of fused-ring (bicyclic) bond motifs is 1. The minimum atomic E-state index is -0.872. The van der Waals surface area contributed by atoms with Gasteiger partial charge in [0.1, 0.15) is 11.5 Å². The highest BCUT2D eigenvalue weighted by molar-refractivity contribution is 6.07. The number of nitrogens with zero attached hydrogens (tertiary/aromatic N) is 3. The molecule has 3 aromatic heterocycles. The minimum Gasteiger partial charge on any atom is -0.481 e. The van der Waals surface area contributed by atoms with Crippen molar-refractivity contribution in [2.45, 2.75) is 33.6 Å². The Hall–Kier alpha value is -3.16. The first-order valence-corrected chi connectivity index (χ1v) is 9.21. The lowest BCUT2D eigenvalue weighted by molar-refractivity contribution is -0.143. The number of aryl methyl sites for hydroxylation is 3. The number of likely N-dealkylation sites (tertiary alicyclic amines) is 1. The van der Waals surface area contributed by atoms with Gasteiger partial charge in [0.2, 0.25) is 0 Å². The summed E-state index contributed by atoms with van der Waals surface area (Å²) in [4.78, 5) is 30.8. The molecule has 3 aromatic rings. The molecule has 1 aliphatic heterocycles. The molecule has 0 radical (unpaired) electrons. The second kappa shape index (κ2) is 6.78. The van der Waals surface area contributed by atoms with Crippen molar-refractivity contribution in [1.29, 1.82) is 0 Å². The normalized spacial score (nSPS) is 17.2. The van der Waals surface area contributed by atoms with E-state index in [1.807, 2.05) is 19.9 Å². The fourth-order valence-corrected chi connectivity index (χ4v) is 3.82. The summed E-state index contributed by atoms with van der Waals surface area (Å²) in [5.74, 6) is -0.205. The summed E-state index contributed by atoms with van der Waals surface area (Å²) in [6.45, 7) is 6.16. The van der Waals surface area contributed by atoms with Gasteiger partial charge in [-0.05, 0) is 45.7 Å². The van der Waals surface area contributed by atoms with Crippen molar-refractivity contribution in [3.8, 4) is 11.3 Å². The maximum Gasteiger partial charge on any atom is 0.308 e. The topological polar surface area (TPSA) is 110 Å². The van der Waals surface area contributed by atoms with E-state index in [-0.39, 0.29) is 18.2 Å². The van der Waals surface area contributed by atoms with Crippen molar-refractivity contribution >= 4 is 23.0 Å². The molecule has 0 aromatic carbocycles. The Morgan fingerprint density at radius 2 is 2.04 bits per heavy atom. The molecule has 146 valence electrons. The van der Waals surface area contributed by atoms with E-state index in [1.165, 1.54) is 0 Å². The second-order valence-electron chi connectivity index (χ2n) is 7.26. The average molecular weight is 383 g/mol. The van der Waals surface area contributed by atoms with Crippen LogP contribution in [0, 0.1) is 26.7 Å². The fourth-order valence-electron chi connectivity index (χ4n) is 3.82. The monoisotopic (exact) mass is 383 g/mol. The van der Waals surface area contributed by atoms with Gasteiger partial charge in [-0.15, -0.1) is 0 Å². The van der Waals surface area contributed by atoms with Crippen LogP contribution >= 0.6 is 0 Å². The third kappa shape index (κ3) is 3.04. The summed E-state index contributed by atoms with van der Waals surface area (Å²) in [6.07, 6.45) is 1.24. The van der Waals surface area contributed by atoms with E-state index < -0.39 is 11.9 Å². The maximum atomic E-state index is 13.3. The molecule has 1 amide bonds. The van der Waals surface area contributed by atoms with Crippen LogP contribution in [0.1, 0.15) is 40.4 Å². The first kappa shape index (κ1) is 18.2. The van der Waals surface area contributed by atoms with Gasteiger partial charge in [-0.3, -0.25) is 9.59 Å². The SMILES string of the molecule is Cc1cc(-c2cc(C(=O)N3CCCC(C(=O)O)C3)c3c(C)noc3n2)c(C)o1. The van der Waals surface area contributed by atoms with E-state index in [4.69, 9.17) is 8.94 Å². The number of carbonyl (C=O) groups excluding carboxylic acids is 1. The predicted molar refractivity (Wildman–Crippen MR) is 100.0 cm³/mol. The lowest BCUT2D eigenvalue weighted by Gasteiger charge is -2.31. The van der Waals surface area contributed by atoms with Crippen LogP contribution < -0.4 is 0 Å². The fraction of sp³-hybridized carbons (Fsp3) is 0.400. The molecule has 1 fully saturated rings. The van der Waals surface area contributed by atoms with Gasteiger partial charge in [0.25, 0.3) is 11.6 Å². The number of aliphatic carboxylic acids is 1. The summed E-state index contributed by atoms with van der Waals surface area (Å²) in [6, 6.07) is 3.58. The predicted octanol–water partition coefficient (Wildman–Crippen LogP) is 3.34. The van der Waals surface area contributed by atoms with E-state index in [9.17, 15) is 14.7 Å². The number of hydrogen-bond acceptors (Lipinski definition) is 6. The Balaban J connectivity index is 1.81. The van der Waals surface area contributed by atoms with Crippen molar-refractivity contribution in [2.75, 3.05) is 13.1 Å². The van der Waals surface area contributed by atoms with Crippen LogP contribution in [0.3, 0.4) is 0 Å². The van der Waals surface area contributed by atoms with Crippen molar-refractivity contribution in [2.24, 2.45) is 5.92 Å². The van der Waals surface area contributed by atoms with Gasteiger partial charge in [-0.2, -0.15) is 0 Å². The number of hydrogen-bond donors (Lipinski definition) is 1. The van der Waals surface area contributed by atoms with Gasteiger partial charge >= 0.3 is 5.97 Å². The molecule has 4 rings (SSSR count). The third-order valence-electron chi connectivity index (χ3n) is 5.22. The number of carboxylic acid groups (broad SMARTS) is 1. The van der Waals surface area contributed by atoms with Crippen LogP contribution in [0.15, 0.2) is 21.1 Å². The molecule has 4 heterocycles. The summed E-state index contributed by atoms with van der Waals surface area (Å²) in [7, 11) is 0. The Kier molecular flexibility index (Phi) is 4.41. The van der Waals surface area contributed by atoms with Gasteiger partial charge in [-0.1, -0.05) is 5.16 Å². The molecule has 1 saturated heterocycles. The molecule has 0 saturated carbocycles. The molecular weight excluding hydrogens is 362 g/mol. The first-order valence-electron chi connectivity index (χ1n) is 9.21. The molecule has 1 aliphatic rings. The number of amides is 1. The van der Waals surface area contributed by atoms with E-state index in [0.717, 1.165) is 11.3 Å². The van der Waals surface area contributed by atoms with Crippen molar-refractivity contribution in [1.82, 2.24) is 15.0 Å². The van der Waals surface area contributed by atoms with Crippen LogP contribution in [0.25, 0.3) is 22.4 Å². The molecule has 8 heteroatoms. The van der Waals surface area contributed by atoms with Crippen molar-refractivity contribution in [3.05, 3.63) is 34.9 Å². The van der Waals surface area contributed by atoms with Gasteiger partial charge < -0.3 is 18.9 Å². The standard InChI is InChI=1S/C20H21N3O5/c1-10-7-14(12(3)27-10)16-8-15(17-11(2)22-28-18(17)21-16)19(24)23-6-4-5-13(9-23)20(25)26/h7-8,13H,4-6,9H2,1-3H3,(H,25,26). The highest BCUT2D eigenvalue weighted by Gasteiger charge is 2.31. The number of piperidine rings is 1. The second-order valence-corrected chi connectivity index (χ2v) is 7.26. The summed E-state index contributed by atoms with van der Waals surface area (Å²) >= 11 is 0. The largest absolute Gasteiger partial charge is 0.481 e. The molecule has 8 nitrogen and oxygen atoms in total. The molecule has 1 unspecified atom stereocenters. The Morgan fingerprint density at radius 1 is 1.25 bits per heavy atom. The lowest BCUT2D eigenvalue weighted by atomic mass is 9.97. The van der Waals surface area contributed by atoms with E-state index >= 15 is 0 Å². The number of carboxylic acids is 1. The van der Waals surface area contributed by atoms with E-state index in [0.29, 0.717) is 47.5 Å². The van der Waals surface area contributed by atoms with Gasteiger partial charge in [0.05, 0.1) is 28.3 Å². The molecule has 0 aliphatic carbocycles. The molecule has 0 spiro atoms. The van der Waals surface area contributed by atoms with Crippen LogP contribution in [0.2, 0.25) is 0 Å². The zero-order valence-corrected chi connectivity index (χ0v) is 16.0. The number of aromatic nitrogens is 2. The number of furan rings is 1. The Bertz CT molecular complexity index is 1080. The highest BCUT2D eigenvalue weighted by Crippen LogP contribution is 2.31. The summed E-state index contributed by atoms with van der Waals surface area (Å²) in [5, 5.41) is 13.9. The maximum absolute atomic E-state index is 13.3. The Labute approximate surface area is 161 Å².